The second kappa shape index (κ2) is 4.61. The Hall–Kier alpha value is -0.820. The summed E-state index contributed by atoms with van der Waals surface area (Å²) in [6.07, 6.45) is 1.63. The Morgan fingerprint density at radius 3 is 2.29 bits per heavy atom. The molecule has 0 saturated carbocycles. The molecular formula is C13H20O. The highest BCUT2D eigenvalue weighted by atomic mass is 16.3. The molecule has 0 saturated heterocycles. The molecule has 1 aromatic rings. The largest absolute Gasteiger partial charge is 0.392 e. The molecule has 78 valence electrons. The monoisotopic (exact) mass is 192 g/mol. The third-order valence-corrected chi connectivity index (χ3v) is 2.91. The lowest BCUT2D eigenvalue weighted by molar-refractivity contribution is 0.0905. The predicted molar refractivity (Wildman–Crippen MR) is 60.4 cm³/mol. The zero-order chi connectivity index (χ0) is 10.6. The van der Waals surface area contributed by atoms with Crippen molar-refractivity contribution in [1.82, 2.24) is 0 Å². The minimum Gasteiger partial charge on any atom is -0.392 e. The molecule has 0 bridgehead atoms. The fourth-order valence-electron chi connectivity index (χ4n) is 1.69. The highest BCUT2D eigenvalue weighted by Crippen LogP contribution is 2.29. The van der Waals surface area contributed by atoms with Crippen LogP contribution in [0.5, 0.6) is 0 Å². The van der Waals surface area contributed by atoms with Crippen LogP contribution in [0.15, 0.2) is 30.3 Å². The summed E-state index contributed by atoms with van der Waals surface area (Å²) < 4.78 is 0. The average molecular weight is 192 g/mol. The Balaban J connectivity index is 2.84. The summed E-state index contributed by atoms with van der Waals surface area (Å²) in [6.45, 7) is 6.30. The van der Waals surface area contributed by atoms with Crippen LogP contribution in [0.1, 0.15) is 39.2 Å². The van der Waals surface area contributed by atoms with E-state index in [1.165, 1.54) is 5.56 Å². The summed E-state index contributed by atoms with van der Waals surface area (Å²) in [5, 5.41) is 10.0. The van der Waals surface area contributed by atoms with Gasteiger partial charge in [0.1, 0.15) is 0 Å². The molecule has 1 atom stereocenters. The first-order chi connectivity index (χ1) is 6.59. The lowest BCUT2D eigenvalue weighted by Crippen LogP contribution is -2.33. The van der Waals surface area contributed by atoms with Gasteiger partial charge < -0.3 is 5.11 Å². The Kier molecular flexibility index (Phi) is 3.70. The zero-order valence-electron chi connectivity index (χ0n) is 9.33. The summed E-state index contributed by atoms with van der Waals surface area (Å²) in [4.78, 5) is 0. The summed E-state index contributed by atoms with van der Waals surface area (Å²) in [6, 6.07) is 10.2. The van der Waals surface area contributed by atoms with Crippen LogP contribution in [-0.4, -0.2) is 11.2 Å². The first-order valence-electron chi connectivity index (χ1n) is 5.32. The van der Waals surface area contributed by atoms with Crippen LogP contribution in [0.4, 0.5) is 0 Å². The number of aliphatic hydroxyl groups excluding tert-OH is 1. The van der Waals surface area contributed by atoms with Gasteiger partial charge in [-0.05, 0) is 12.0 Å². The van der Waals surface area contributed by atoms with E-state index in [1.54, 1.807) is 0 Å². The van der Waals surface area contributed by atoms with E-state index in [2.05, 4.69) is 32.9 Å². The van der Waals surface area contributed by atoms with Crippen molar-refractivity contribution in [3.63, 3.8) is 0 Å². The quantitative estimate of drug-likeness (QED) is 0.777. The van der Waals surface area contributed by atoms with Crippen molar-refractivity contribution in [1.29, 1.82) is 0 Å². The van der Waals surface area contributed by atoms with Crippen molar-refractivity contribution in [2.45, 2.75) is 45.1 Å². The Labute approximate surface area is 86.8 Å². The SMILES string of the molecule is CCC[C@@H](O)C(C)(C)c1ccccc1. The van der Waals surface area contributed by atoms with Gasteiger partial charge in [-0.2, -0.15) is 0 Å². The molecule has 1 heteroatoms. The highest BCUT2D eigenvalue weighted by Gasteiger charge is 2.28. The van der Waals surface area contributed by atoms with E-state index in [9.17, 15) is 5.11 Å². The van der Waals surface area contributed by atoms with E-state index in [0.717, 1.165) is 12.8 Å². The van der Waals surface area contributed by atoms with Crippen molar-refractivity contribution in [2.24, 2.45) is 0 Å². The average Bonchev–Trinajstić information content (AvgIpc) is 2.19. The zero-order valence-corrected chi connectivity index (χ0v) is 9.33. The van der Waals surface area contributed by atoms with Gasteiger partial charge in [0.05, 0.1) is 6.10 Å². The minimum absolute atomic E-state index is 0.142. The van der Waals surface area contributed by atoms with Crippen molar-refractivity contribution in [3.8, 4) is 0 Å². The van der Waals surface area contributed by atoms with E-state index >= 15 is 0 Å². The van der Waals surface area contributed by atoms with E-state index in [1.807, 2.05) is 18.2 Å². The third-order valence-electron chi connectivity index (χ3n) is 2.91. The molecule has 14 heavy (non-hydrogen) atoms. The summed E-state index contributed by atoms with van der Waals surface area (Å²) in [5.41, 5.74) is 1.07. The van der Waals surface area contributed by atoms with Gasteiger partial charge >= 0.3 is 0 Å². The van der Waals surface area contributed by atoms with Crippen LogP contribution >= 0.6 is 0 Å². The minimum atomic E-state index is -0.255. The molecular weight excluding hydrogens is 172 g/mol. The highest BCUT2D eigenvalue weighted by molar-refractivity contribution is 5.24. The maximum Gasteiger partial charge on any atom is 0.0631 e. The van der Waals surface area contributed by atoms with Gasteiger partial charge in [-0.15, -0.1) is 0 Å². The molecule has 0 radical (unpaired) electrons. The predicted octanol–water partition coefficient (Wildman–Crippen LogP) is 3.13. The molecule has 1 aromatic carbocycles. The van der Waals surface area contributed by atoms with Crippen molar-refractivity contribution in [2.75, 3.05) is 0 Å². The molecule has 0 spiro atoms. The van der Waals surface area contributed by atoms with Crippen molar-refractivity contribution < 1.29 is 5.11 Å². The standard InChI is InChI=1S/C13H20O/c1-4-8-12(14)13(2,3)11-9-6-5-7-10-11/h5-7,9-10,12,14H,4,8H2,1-3H3/t12-/m1/s1. The van der Waals surface area contributed by atoms with Crippen LogP contribution in [0.2, 0.25) is 0 Å². The molecule has 0 aromatic heterocycles. The molecule has 0 amide bonds. The second-order valence-electron chi connectivity index (χ2n) is 4.39. The number of rotatable bonds is 4. The van der Waals surface area contributed by atoms with Crippen LogP contribution < -0.4 is 0 Å². The molecule has 0 aliphatic heterocycles. The van der Waals surface area contributed by atoms with E-state index in [4.69, 9.17) is 0 Å². The molecule has 1 rings (SSSR count). The van der Waals surface area contributed by atoms with Gasteiger partial charge in [0.15, 0.2) is 0 Å². The van der Waals surface area contributed by atoms with Crippen LogP contribution in [0, 0.1) is 0 Å². The van der Waals surface area contributed by atoms with Crippen molar-refractivity contribution in [3.05, 3.63) is 35.9 Å². The molecule has 0 unspecified atom stereocenters. The maximum atomic E-state index is 10.0. The fraction of sp³-hybridized carbons (Fsp3) is 0.538. The van der Waals surface area contributed by atoms with Crippen molar-refractivity contribution >= 4 is 0 Å². The second-order valence-corrected chi connectivity index (χ2v) is 4.39. The normalized spacial score (nSPS) is 14.0. The maximum absolute atomic E-state index is 10.0. The Bertz CT molecular complexity index is 264. The topological polar surface area (TPSA) is 20.2 Å². The van der Waals surface area contributed by atoms with E-state index in [0.29, 0.717) is 0 Å². The van der Waals surface area contributed by atoms with Gasteiger partial charge in [0, 0.05) is 5.41 Å². The molecule has 0 aliphatic rings. The summed E-state index contributed by atoms with van der Waals surface area (Å²) in [7, 11) is 0. The smallest absolute Gasteiger partial charge is 0.0631 e. The van der Waals surface area contributed by atoms with Crippen LogP contribution in [-0.2, 0) is 5.41 Å². The molecule has 0 aliphatic carbocycles. The first kappa shape index (κ1) is 11.3. The Morgan fingerprint density at radius 1 is 1.21 bits per heavy atom. The van der Waals surface area contributed by atoms with Crippen LogP contribution in [0.25, 0.3) is 0 Å². The Morgan fingerprint density at radius 2 is 1.79 bits per heavy atom. The molecule has 1 N–H and O–H groups in total. The van der Waals surface area contributed by atoms with Gasteiger partial charge in [-0.1, -0.05) is 57.5 Å². The van der Waals surface area contributed by atoms with Gasteiger partial charge in [-0.25, -0.2) is 0 Å². The number of aliphatic hydroxyl groups is 1. The molecule has 0 fully saturated rings. The lowest BCUT2D eigenvalue weighted by Gasteiger charge is -2.31. The summed E-state index contributed by atoms with van der Waals surface area (Å²) >= 11 is 0. The van der Waals surface area contributed by atoms with Gasteiger partial charge in [0.25, 0.3) is 0 Å². The third kappa shape index (κ3) is 2.36. The van der Waals surface area contributed by atoms with Crippen LogP contribution in [0.3, 0.4) is 0 Å². The van der Waals surface area contributed by atoms with E-state index in [-0.39, 0.29) is 11.5 Å². The number of hydrogen-bond acceptors (Lipinski definition) is 1. The fourth-order valence-corrected chi connectivity index (χ4v) is 1.69. The molecule has 0 heterocycles. The molecule has 1 nitrogen and oxygen atoms in total. The lowest BCUT2D eigenvalue weighted by atomic mass is 9.78. The number of benzene rings is 1. The van der Waals surface area contributed by atoms with Gasteiger partial charge in [-0.3, -0.25) is 0 Å². The first-order valence-corrected chi connectivity index (χ1v) is 5.32. The van der Waals surface area contributed by atoms with Gasteiger partial charge in [0.2, 0.25) is 0 Å². The number of hydrogen-bond donors (Lipinski definition) is 1. The summed E-state index contributed by atoms with van der Waals surface area (Å²) in [5.74, 6) is 0. The van der Waals surface area contributed by atoms with E-state index < -0.39 is 0 Å².